The Labute approximate surface area is 242 Å². The van der Waals surface area contributed by atoms with Gasteiger partial charge in [0.05, 0.1) is 7.11 Å². The average molecular weight is 552 g/mol. The van der Waals surface area contributed by atoms with E-state index in [9.17, 15) is 9.59 Å². The molecule has 230 valence electrons. The summed E-state index contributed by atoms with van der Waals surface area (Å²) in [6.45, 7) is 3.20. The van der Waals surface area contributed by atoms with Gasteiger partial charge >= 0.3 is 11.9 Å². The molecule has 0 aromatic carbocycles. The molecule has 0 aliphatic heterocycles. The second-order valence-corrected chi connectivity index (χ2v) is 11.6. The summed E-state index contributed by atoms with van der Waals surface area (Å²) in [4.78, 5) is 25.5. The smallest absolute Gasteiger partial charge is 0.306 e. The molecule has 5 nitrogen and oxygen atoms in total. The van der Waals surface area contributed by atoms with Gasteiger partial charge in [-0.3, -0.25) is 9.59 Å². The van der Waals surface area contributed by atoms with Crippen LogP contribution < -0.4 is 0 Å². The number of unbranched alkanes of at least 4 members (excludes halogenated alkanes) is 16. The second kappa shape index (κ2) is 29.6. The predicted octanol–water partition coefficient (Wildman–Crippen LogP) is 9.57. The van der Waals surface area contributed by atoms with Crippen LogP contribution in [0.2, 0.25) is 0 Å². The number of carbonyl (C=O) groups excluding carboxylic acids is 2. The molecular formula is C34H65NO4. The highest BCUT2D eigenvalue weighted by molar-refractivity contribution is 5.69. The zero-order chi connectivity index (χ0) is 28.8. The summed E-state index contributed by atoms with van der Waals surface area (Å²) in [5.41, 5.74) is 0. The lowest BCUT2D eigenvalue weighted by molar-refractivity contribution is -0.150. The highest BCUT2D eigenvalue weighted by atomic mass is 16.5. The van der Waals surface area contributed by atoms with Gasteiger partial charge in [0.25, 0.3) is 0 Å². The van der Waals surface area contributed by atoms with Gasteiger partial charge < -0.3 is 14.4 Å². The molecular weight excluding hydrogens is 486 g/mol. The van der Waals surface area contributed by atoms with Crippen LogP contribution in [0.5, 0.6) is 0 Å². The maximum absolute atomic E-state index is 12.4. The highest BCUT2D eigenvalue weighted by Gasteiger charge is 2.14. The molecule has 0 aromatic heterocycles. The first kappa shape index (κ1) is 37.6. The minimum absolute atomic E-state index is 0.00322. The highest BCUT2D eigenvalue weighted by Crippen LogP contribution is 2.18. The number of methoxy groups -OCH3 is 1. The van der Waals surface area contributed by atoms with Crippen molar-refractivity contribution in [3.8, 4) is 0 Å². The number of hydrogen-bond acceptors (Lipinski definition) is 5. The summed E-state index contributed by atoms with van der Waals surface area (Å²) in [7, 11) is 5.55. The van der Waals surface area contributed by atoms with Gasteiger partial charge in [-0.15, -0.1) is 0 Å². The Morgan fingerprint density at radius 3 is 1.59 bits per heavy atom. The molecule has 0 saturated carbocycles. The number of esters is 2. The lowest BCUT2D eigenvalue weighted by Gasteiger charge is -2.18. The molecule has 0 rings (SSSR count). The van der Waals surface area contributed by atoms with E-state index in [1.807, 2.05) is 14.1 Å². The molecule has 0 fully saturated rings. The van der Waals surface area contributed by atoms with Crippen molar-refractivity contribution < 1.29 is 19.1 Å². The van der Waals surface area contributed by atoms with Crippen molar-refractivity contribution in [1.29, 1.82) is 0 Å². The number of rotatable bonds is 29. The largest absolute Gasteiger partial charge is 0.469 e. The zero-order valence-corrected chi connectivity index (χ0v) is 26.5. The van der Waals surface area contributed by atoms with E-state index in [0.29, 0.717) is 12.8 Å². The Morgan fingerprint density at radius 1 is 0.615 bits per heavy atom. The number of carbonyl (C=O) groups is 2. The Bertz CT molecular complexity index is 576. The Morgan fingerprint density at radius 2 is 1.08 bits per heavy atom. The van der Waals surface area contributed by atoms with E-state index in [0.717, 1.165) is 38.6 Å². The van der Waals surface area contributed by atoms with Crippen LogP contribution in [0, 0.1) is 0 Å². The third-order valence-electron chi connectivity index (χ3n) is 7.46. The van der Waals surface area contributed by atoms with Crippen molar-refractivity contribution in [3.05, 3.63) is 12.2 Å². The summed E-state index contributed by atoms with van der Waals surface area (Å²) in [5.74, 6) is -0.0914. The van der Waals surface area contributed by atoms with Crippen molar-refractivity contribution in [2.75, 3.05) is 27.7 Å². The molecule has 0 radical (unpaired) electrons. The van der Waals surface area contributed by atoms with Crippen LogP contribution in [-0.2, 0) is 19.1 Å². The van der Waals surface area contributed by atoms with E-state index in [1.165, 1.54) is 116 Å². The third-order valence-corrected chi connectivity index (χ3v) is 7.46. The Hall–Kier alpha value is -1.36. The van der Waals surface area contributed by atoms with Gasteiger partial charge in [0.15, 0.2) is 0 Å². The summed E-state index contributed by atoms with van der Waals surface area (Å²) in [6.07, 6.45) is 32.4. The molecule has 0 bridgehead atoms. The lowest BCUT2D eigenvalue weighted by atomic mass is 10.0. The maximum atomic E-state index is 12.4. The van der Waals surface area contributed by atoms with Crippen LogP contribution in [0.3, 0.4) is 0 Å². The van der Waals surface area contributed by atoms with E-state index in [1.54, 1.807) is 0 Å². The Kier molecular flexibility index (Phi) is 28.6. The molecule has 0 aliphatic carbocycles. The average Bonchev–Trinajstić information content (AvgIpc) is 2.91. The first-order valence-electron chi connectivity index (χ1n) is 16.6. The summed E-state index contributed by atoms with van der Waals surface area (Å²) < 4.78 is 10.6. The molecule has 0 saturated heterocycles. The predicted molar refractivity (Wildman–Crippen MR) is 166 cm³/mol. The van der Waals surface area contributed by atoms with Crippen LogP contribution >= 0.6 is 0 Å². The molecule has 0 aromatic rings. The standard InChI is InChI=1S/C34H65NO4/c1-5-6-7-8-20-23-27-32(39-34(37)30-26-31-35(2)3)28-24-21-18-16-14-12-10-9-11-13-15-17-19-22-25-29-33(36)38-4/h9,11,32H,5-8,10,12-31H2,1-4H3. The number of allylic oxidation sites excluding steroid dienone is 2. The first-order chi connectivity index (χ1) is 19.0. The summed E-state index contributed by atoms with van der Waals surface area (Å²) >= 11 is 0. The summed E-state index contributed by atoms with van der Waals surface area (Å²) in [6, 6.07) is 0. The normalized spacial score (nSPS) is 12.3. The Balaban J connectivity index is 3.81. The minimum Gasteiger partial charge on any atom is -0.469 e. The zero-order valence-electron chi connectivity index (χ0n) is 26.5. The topological polar surface area (TPSA) is 55.8 Å². The van der Waals surface area contributed by atoms with E-state index in [4.69, 9.17) is 4.74 Å². The van der Waals surface area contributed by atoms with Crippen molar-refractivity contribution in [2.24, 2.45) is 0 Å². The van der Waals surface area contributed by atoms with Gasteiger partial charge in [-0.25, -0.2) is 0 Å². The SMILES string of the molecule is CCCCCCCCC(CCCCCCCCC=CCCCCCCCC(=O)OC)OC(=O)CCCN(C)C. The molecule has 5 heteroatoms. The molecule has 0 spiro atoms. The van der Waals surface area contributed by atoms with Crippen LogP contribution in [0.15, 0.2) is 12.2 Å². The molecule has 39 heavy (non-hydrogen) atoms. The molecule has 1 atom stereocenters. The quantitative estimate of drug-likeness (QED) is 0.0526. The van der Waals surface area contributed by atoms with Gasteiger partial charge in [0.1, 0.15) is 6.10 Å². The molecule has 0 aliphatic rings. The van der Waals surface area contributed by atoms with E-state index in [2.05, 4.69) is 28.7 Å². The number of ether oxygens (including phenoxy) is 2. The van der Waals surface area contributed by atoms with E-state index in [-0.39, 0.29) is 18.0 Å². The minimum atomic E-state index is -0.0882. The molecule has 0 heterocycles. The van der Waals surface area contributed by atoms with Crippen LogP contribution in [0.1, 0.15) is 161 Å². The van der Waals surface area contributed by atoms with Gasteiger partial charge in [-0.1, -0.05) is 96.1 Å². The fourth-order valence-electron chi connectivity index (χ4n) is 4.94. The van der Waals surface area contributed by atoms with Gasteiger partial charge in [-0.2, -0.15) is 0 Å². The van der Waals surface area contributed by atoms with Gasteiger partial charge in [-0.05, 0) is 84.8 Å². The number of hydrogen-bond donors (Lipinski definition) is 0. The number of nitrogens with zero attached hydrogens (tertiary/aromatic N) is 1. The lowest BCUT2D eigenvalue weighted by Crippen LogP contribution is -2.20. The van der Waals surface area contributed by atoms with Crippen molar-refractivity contribution >= 4 is 11.9 Å². The van der Waals surface area contributed by atoms with Crippen molar-refractivity contribution in [1.82, 2.24) is 4.90 Å². The molecule has 0 amide bonds. The third kappa shape index (κ3) is 29.4. The van der Waals surface area contributed by atoms with Gasteiger partial charge in [0, 0.05) is 12.8 Å². The van der Waals surface area contributed by atoms with Gasteiger partial charge in [0.2, 0.25) is 0 Å². The second-order valence-electron chi connectivity index (χ2n) is 11.6. The van der Waals surface area contributed by atoms with Crippen molar-refractivity contribution in [2.45, 2.75) is 167 Å². The fourth-order valence-corrected chi connectivity index (χ4v) is 4.94. The monoisotopic (exact) mass is 551 g/mol. The van der Waals surface area contributed by atoms with E-state index >= 15 is 0 Å². The fraction of sp³-hybridized carbons (Fsp3) is 0.882. The first-order valence-corrected chi connectivity index (χ1v) is 16.6. The van der Waals surface area contributed by atoms with E-state index < -0.39 is 0 Å². The van der Waals surface area contributed by atoms with Crippen LogP contribution in [0.25, 0.3) is 0 Å². The molecule has 1 unspecified atom stereocenters. The van der Waals surface area contributed by atoms with Crippen LogP contribution in [0.4, 0.5) is 0 Å². The van der Waals surface area contributed by atoms with Crippen molar-refractivity contribution in [3.63, 3.8) is 0 Å². The maximum Gasteiger partial charge on any atom is 0.306 e. The van der Waals surface area contributed by atoms with Crippen LogP contribution in [-0.4, -0.2) is 50.7 Å². The summed E-state index contributed by atoms with van der Waals surface area (Å²) in [5, 5.41) is 0. The molecule has 0 N–H and O–H groups in total.